The van der Waals surface area contributed by atoms with Gasteiger partial charge in [-0.1, -0.05) is 19.9 Å². The molecule has 4 aromatic rings. The molecule has 0 radical (unpaired) electrons. The smallest absolute Gasteiger partial charge is 0.177 e. The van der Waals surface area contributed by atoms with Crippen LogP contribution in [0.4, 0.5) is 5.82 Å². The van der Waals surface area contributed by atoms with Gasteiger partial charge in [0.25, 0.3) is 0 Å². The maximum absolute atomic E-state index is 9.20. The molecule has 0 bridgehead atoms. The summed E-state index contributed by atoms with van der Waals surface area (Å²) in [6.45, 7) is 9.80. The van der Waals surface area contributed by atoms with Crippen molar-refractivity contribution in [2.75, 3.05) is 31.2 Å². The Bertz CT molecular complexity index is 1480. The van der Waals surface area contributed by atoms with Gasteiger partial charge < -0.3 is 25.0 Å². The van der Waals surface area contributed by atoms with E-state index in [1.165, 1.54) is 5.56 Å². The van der Waals surface area contributed by atoms with Crippen LogP contribution >= 0.6 is 0 Å². The highest BCUT2D eigenvalue weighted by molar-refractivity contribution is 5.78. The molecule has 6 rings (SSSR count). The number of aliphatic hydroxyl groups is 1. The molecule has 198 valence electrons. The van der Waals surface area contributed by atoms with E-state index in [1.54, 1.807) is 0 Å². The number of rotatable bonds is 6. The summed E-state index contributed by atoms with van der Waals surface area (Å²) in [5.74, 6) is 3.57. The summed E-state index contributed by atoms with van der Waals surface area (Å²) in [7, 11) is 0. The largest absolute Gasteiger partial charge is 0.491 e. The lowest BCUT2D eigenvalue weighted by atomic mass is 9.76. The van der Waals surface area contributed by atoms with Crippen LogP contribution in [0.5, 0.6) is 5.75 Å². The van der Waals surface area contributed by atoms with Gasteiger partial charge in [-0.25, -0.2) is 19.9 Å². The van der Waals surface area contributed by atoms with Crippen LogP contribution in [0.15, 0.2) is 30.5 Å². The first-order chi connectivity index (χ1) is 18.4. The average Bonchev–Trinajstić information content (AvgIpc) is 3.14. The Kier molecular flexibility index (Phi) is 6.49. The van der Waals surface area contributed by atoms with E-state index in [1.807, 2.05) is 13.1 Å². The van der Waals surface area contributed by atoms with Crippen molar-refractivity contribution in [3.63, 3.8) is 0 Å². The SMILES string of the molecule is Cc1nc2ncc(-c3ccc4c(c3)CN(c3nc(CNCCO)nc5c3CC(C)(C)CC5)CCO4)cc2[nH]1. The molecule has 1 aliphatic carbocycles. The third-order valence-corrected chi connectivity index (χ3v) is 7.51. The number of fused-ring (bicyclic) bond motifs is 3. The van der Waals surface area contributed by atoms with Crippen molar-refractivity contribution in [2.24, 2.45) is 5.41 Å². The van der Waals surface area contributed by atoms with Crippen LogP contribution in [0, 0.1) is 12.3 Å². The molecule has 0 atom stereocenters. The number of aliphatic hydroxyl groups excluding tert-OH is 1. The first-order valence-corrected chi connectivity index (χ1v) is 13.4. The highest BCUT2D eigenvalue weighted by Crippen LogP contribution is 2.39. The van der Waals surface area contributed by atoms with Gasteiger partial charge in [0.2, 0.25) is 0 Å². The minimum Gasteiger partial charge on any atom is -0.491 e. The van der Waals surface area contributed by atoms with E-state index in [-0.39, 0.29) is 12.0 Å². The second-order valence-corrected chi connectivity index (χ2v) is 11.1. The van der Waals surface area contributed by atoms with Gasteiger partial charge in [0, 0.05) is 41.7 Å². The highest BCUT2D eigenvalue weighted by Gasteiger charge is 2.31. The summed E-state index contributed by atoms with van der Waals surface area (Å²) in [5, 5.41) is 12.4. The molecule has 0 spiro atoms. The molecule has 9 heteroatoms. The Morgan fingerprint density at radius 3 is 2.92 bits per heavy atom. The Balaban J connectivity index is 1.36. The van der Waals surface area contributed by atoms with Crippen LogP contribution in [0.1, 0.15) is 48.7 Å². The van der Waals surface area contributed by atoms with Gasteiger partial charge in [-0.3, -0.25) is 0 Å². The fourth-order valence-electron chi connectivity index (χ4n) is 5.53. The normalized spacial score (nSPS) is 16.6. The number of nitrogens with one attached hydrogen (secondary N) is 2. The lowest BCUT2D eigenvalue weighted by Gasteiger charge is -2.34. The van der Waals surface area contributed by atoms with Gasteiger partial charge in [-0.15, -0.1) is 0 Å². The van der Waals surface area contributed by atoms with Crippen LogP contribution in [0.25, 0.3) is 22.3 Å². The average molecular weight is 514 g/mol. The number of aryl methyl sites for hydroxylation is 2. The van der Waals surface area contributed by atoms with Crippen molar-refractivity contribution in [3.8, 4) is 16.9 Å². The van der Waals surface area contributed by atoms with Gasteiger partial charge in [-0.05, 0) is 55.4 Å². The van der Waals surface area contributed by atoms with Crippen molar-refractivity contribution < 1.29 is 9.84 Å². The second-order valence-electron chi connectivity index (χ2n) is 11.1. The molecular weight excluding hydrogens is 478 g/mol. The summed E-state index contributed by atoms with van der Waals surface area (Å²) in [6.07, 6.45) is 4.91. The summed E-state index contributed by atoms with van der Waals surface area (Å²) < 4.78 is 6.20. The number of H-pyrrole nitrogens is 1. The van der Waals surface area contributed by atoms with Crippen LogP contribution in [-0.2, 0) is 25.9 Å². The maximum atomic E-state index is 9.20. The van der Waals surface area contributed by atoms with E-state index < -0.39 is 0 Å². The number of imidazole rings is 1. The van der Waals surface area contributed by atoms with Gasteiger partial charge in [0.1, 0.15) is 29.8 Å². The quantitative estimate of drug-likeness (QED) is 0.335. The predicted molar refractivity (Wildman–Crippen MR) is 147 cm³/mol. The highest BCUT2D eigenvalue weighted by atomic mass is 16.5. The summed E-state index contributed by atoms with van der Waals surface area (Å²) in [4.78, 5) is 24.6. The monoisotopic (exact) mass is 513 g/mol. The molecule has 3 aromatic heterocycles. The van der Waals surface area contributed by atoms with Crippen molar-refractivity contribution in [1.82, 2.24) is 30.2 Å². The zero-order valence-corrected chi connectivity index (χ0v) is 22.3. The molecule has 4 heterocycles. The molecule has 1 aliphatic heterocycles. The van der Waals surface area contributed by atoms with Crippen LogP contribution in [-0.4, -0.2) is 56.3 Å². The Morgan fingerprint density at radius 2 is 2.05 bits per heavy atom. The van der Waals surface area contributed by atoms with E-state index in [0.29, 0.717) is 26.2 Å². The van der Waals surface area contributed by atoms with Crippen molar-refractivity contribution in [3.05, 3.63) is 58.9 Å². The summed E-state index contributed by atoms with van der Waals surface area (Å²) in [6, 6.07) is 8.48. The standard InChI is InChI=1S/C29H35N7O2/c1-18-32-24-13-20(15-31-27(24)33-18)19-4-5-25-21(12-19)17-36(9-11-38-25)28-22-14-29(2,3)7-6-23(22)34-26(35-28)16-30-8-10-37/h4-5,12-13,15,30,37H,6-11,14,16-17H2,1-3H3,(H,31,32,33). The molecule has 3 N–H and O–H groups in total. The number of hydrogen-bond acceptors (Lipinski definition) is 8. The van der Waals surface area contributed by atoms with Gasteiger partial charge in [0.15, 0.2) is 5.65 Å². The molecule has 38 heavy (non-hydrogen) atoms. The Hall–Kier alpha value is -3.56. The van der Waals surface area contributed by atoms with Gasteiger partial charge >= 0.3 is 0 Å². The number of nitrogens with zero attached hydrogens (tertiary/aromatic N) is 5. The lowest BCUT2D eigenvalue weighted by Crippen LogP contribution is -2.32. The second kappa shape index (κ2) is 9.96. The molecular formula is C29H35N7O2. The molecule has 1 aromatic carbocycles. The zero-order chi connectivity index (χ0) is 26.3. The molecule has 0 saturated carbocycles. The van der Waals surface area contributed by atoms with Crippen molar-refractivity contribution in [2.45, 2.75) is 53.1 Å². The fraction of sp³-hybridized carbons (Fsp3) is 0.448. The number of aromatic amines is 1. The number of benzene rings is 1. The summed E-state index contributed by atoms with van der Waals surface area (Å²) in [5.41, 5.74) is 7.56. The van der Waals surface area contributed by atoms with Gasteiger partial charge in [0.05, 0.1) is 25.2 Å². The number of anilines is 1. The van der Waals surface area contributed by atoms with Crippen LogP contribution in [0.2, 0.25) is 0 Å². The summed E-state index contributed by atoms with van der Waals surface area (Å²) >= 11 is 0. The molecule has 0 unspecified atom stereocenters. The Morgan fingerprint density at radius 1 is 1.16 bits per heavy atom. The van der Waals surface area contributed by atoms with E-state index in [9.17, 15) is 5.11 Å². The molecule has 9 nitrogen and oxygen atoms in total. The number of ether oxygens (including phenoxy) is 1. The molecule has 0 amide bonds. The van der Waals surface area contributed by atoms with Gasteiger partial charge in [-0.2, -0.15) is 0 Å². The fourth-order valence-corrected chi connectivity index (χ4v) is 5.53. The minimum atomic E-state index is 0.0942. The number of pyridine rings is 1. The van der Waals surface area contributed by atoms with Crippen molar-refractivity contribution in [1.29, 1.82) is 0 Å². The number of hydrogen-bond donors (Lipinski definition) is 3. The van der Waals surface area contributed by atoms with Crippen molar-refractivity contribution >= 4 is 17.0 Å². The first kappa shape index (κ1) is 24.8. The maximum Gasteiger partial charge on any atom is 0.177 e. The third-order valence-electron chi connectivity index (χ3n) is 7.51. The van der Waals surface area contributed by atoms with E-state index in [2.05, 4.69) is 63.3 Å². The predicted octanol–water partition coefficient (Wildman–Crippen LogP) is 3.72. The van der Waals surface area contributed by atoms with E-state index >= 15 is 0 Å². The topological polar surface area (TPSA) is 112 Å². The third kappa shape index (κ3) is 4.96. The molecule has 2 aliphatic rings. The van der Waals surface area contributed by atoms with E-state index in [4.69, 9.17) is 14.7 Å². The van der Waals surface area contributed by atoms with Crippen LogP contribution in [0.3, 0.4) is 0 Å². The first-order valence-electron chi connectivity index (χ1n) is 13.4. The lowest BCUT2D eigenvalue weighted by molar-refractivity contribution is 0.291. The number of aromatic nitrogens is 5. The zero-order valence-electron chi connectivity index (χ0n) is 22.3. The van der Waals surface area contributed by atoms with Crippen LogP contribution < -0.4 is 15.0 Å². The minimum absolute atomic E-state index is 0.0942. The molecule has 0 saturated heterocycles. The Labute approximate surface area is 222 Å². The molecule has 0 fully saturated rings. The van der Waals surface area contributed by atoms with E-state index in [0.717, 1.165) is 82.6 Å².